The molecule has 1 aliphatic heterocycles. The molecule has 3 atom stereocenters. The van der Waals surface area contributed by atoms with Crippen LogP contribution in [0.3, 0.4) is 0 Å². The number of benzene rings is 2. The van der Waals surface area contributed by atoms with Crippen molar-refractivity contribution >= 4 is 5.69 Å². The number of hydrogen-bond acceptors (Lipinski definition) is 2. The second kappa shape index (κ2) is 7.40. The van der Waals surface area contributed by atoms with Crippen LogP contribution < -0.4 is 10.6 Å². The Balaban J connectivity index is 2.04. The van der Waals surface area contributed by atoms with Crippen molar-refractivity contribution in [2.24, 2.45) is 0 Å². The number of anilines is 1. The minimum atomic E-state index is -0.445. The van der Waals surface area contributed by atoms with Crippen molar-refractivity contribution in [2.45, 2.75) is 65.0 Å². The van der Waals surface area contributed by atoms with E-state index in [1.54, 1.807) is 6.07 Å². The van der Waals surface area contributed by atoms with Crippen molar-refractivity contribution < 1.29 is 4.39 Å². The first-order chi connectivity index (χ1) is 12.4. The smallest absolute Gasteiger partial charge is 0.129 e. The normalized spacial score (nSPS) is 22.8. The molecule has 0 aromatic heterocycles. The van der Waals surface area contributed by atoms with E-state index in [0.717, 1.165) is 36.2 Å². The van der Waals surface area contributed by atoms with E-state index >= 15 is 0 Å². The van der Waals surface area contributed by atoms with Gasteiger partial charge in [-0.2, -0.15) is 0 Å². The zero-order chi connectivity index (χ0) is 18.9. The second-order valence-corrected chi connectivity index (χ2v) is 7.76. The monoisotopic (exact) mass is 354 g/mol. The van der Waals surface area contributed by atoms with Crippen LogP contribution in [0.1, 0.15) is 74.8 Å². The van der Waals surface area contributed by atoms with Gasteiger partial charge in [-0.3, -0.25) is 0 Å². The standard InChI is InChI=1S/C23H31FN2/c1-6-13-25-20(7-2)17-9-8-10-21-22(17)16(4)23(5,26-21)18-12-11-15(3)14-19(18)24/h8-12,14,16,20,25-26H,6-7,13H2,1-5H3. The molecule has 0 fully saturated rings. The van der Waals surface area contributed by atoms with Gasteiger partial charge in [-0.15, -0.1) is 0 Å². The topological polar surface area (TPSA) is 24.1 Å². The van der Waals surface area contributed by atoms with Gasteiger partial charge in [-0.05, 0) is 62.1 Å². The highest BCUT2D eigenvalue weighted by Gasteiger charge is 2.44. The summed E-state index contributed by atoms with van der Waals surface area (Å²) < 4.78 is 14.8. The van der Waals surface area contributed by atoms with E-state index in [1.165, 1.54) is 11.1 Å². The van der Waals surface area contributed by atoms with Gasteiger partial charge < -0.3 is 10.6 Å². The lowest BCUT2D eigenvalue weighted by Gasteiger charge is -2.32. The van der Waals surface area contributed by atoms with Crippen molar-refractivity contribution in [3.63, 3.8) is 0 Å². The summed E-state index contributed by atoms with van der Waals surface area (Å²) in [6.07, 6.45) is 2.16. The molecule has 0 spiro atoms. The maximum Gasteiger partial charge on any atom is 0.129 e. The largest absolute Gasteiger partial charge is 0.375 e. The number of halogens is 1. The molecule has 0 radical (unpaired) electrons. The van der Waals surface area contributed by atoms with Crippen LogP contribution in [0, 0.1) is 12.7 Å². The summed E-state index contributed by atoms with van der Waals surface area (Å²) in [5.41, 5.74) is 5.05. The van der Waals surface area contributed by atoms with E-state index < -0.39 is 5.54 Å². The van der Waals surface area contributed by atoms with Crippen LogP contribution in [0.4, 0.5) is 10.1 Å². The predicted molar refractivity (Wildman–Crippen MR) is 108 cm³/mol. The molecule has 140 valence electrons. The van der Waals surface area contributed by atoms with Gasteiger partial charge in [0.05, 0.1) is 5.54 Å². The lowest BCUT2D eigenvalue weighted by atomic mass is 9.77. The summed E-state index contributed by atoms with van der Waals surface area (Å²) in [6.45, 7) is 11.7. The Morgan fingerprint density at radius 2 is 2.00 bits per heavy atom. The molecule has 3 rings (SSSR count). The van der Waals surface area contributed by atoms with Crippen molar-refractivity contribution in [3.8, 4) is 0 Å². The first kappa shape index (κ1) is 18.9. The van der Waals surface area contributed by atoms with Gasteiger partial charge in [0.2, 0.25) is 0 Å². The van der Waals surface area contributed by atoms with Crippen molar-refractivity contribution in [1.29, 1.82) is 0 Å². The zero-order valence-corrected chi connectivity index (χ0v) is 16.6. The lowest BCUT2D eigenvalue weighted by Crippen LogP contribution is -2.33. The molecule has 0 aliphatic carbocycles. The predicted octanol–water partition coefficient (Wildman–Crippen LogP) is 6.03. The second-order valence-electron chi connectivity index (χ2n) is 7.76. The van der Waals surface area contributed by atoms with E-state index in [-0.39, 0.29) is 11.7 Å². The number of fused-ring (bicyclic) bond motifs is 1. The molecule has 2 aromatic rings. The number of rotatable bonds is 6. The molecular weight excluding hydrogens is 323 g/mol. The summed E-state index contributed by atoms with van der Waals surface area (Å²) in [4.78, 5) is 0. The van der Waals surface area contributed by atoms with E-state index in [2.05, 4.69) is 56.5 Å². The van der Waals surface area contributed by atoms with Crippen LogP contribution in [0.15, 0.2) is 36.4 Å². The third-order valence-electron chi connectivity index (χ3n) is 5.94. The third kappa shape index (κ3) is 3.14. The summed E-state index contributed by atoms with van der Waals surface area (Å²) >= 11 is 0. The van der Waals surface area contributed by atoms with Crippen molar-refractivity contribution in [1.82, 2.24) is 5.32 Å². The van der Waals surface area contributed by atoms with Gasteiger partial charge in [0.25, 0.3) is 0 Å². The van der Waals surface area contributed by atoms with Crippen LogP contribution in [-0.2, 0) is 5.54 Å². The molecule has 2 aromatic carbocycles. The first-order valence-corrected chi connectivity index (χ1v) is 9.83. The van der Waals surface area contributed by atoms with Gasteiger partial charge in [0, 0.05) is 23.2 Å². The first-order valence-electron chi connectivity index (χ1n) is 9.83. The Morgan fingerprint density at radius 1 is 1.23 bits per heavy atom. The van der Waals surface area contributed by atoms with Crippen LogP contribution in [0.2, 0.25) is 0 Å². The van der Waals surface area contributed by atoms with Crippen LogP contribution in [0.25, 0.3) is 0 Å². The van der Waals surface area contributed by atoms with Crippen LogP contribution in [-0.4, -0.2) is 6.54 Å². The molecule has 1 heterocycles. The summed E-state index contributed by atoms with van der Waals surface area (Å²) in [7, 11) is 0. The van der Waals surface area contributed by atoms with Gasteiger partial charge >= 0.3 is 0 Å². The molecule has 3 unspecified atom stereocenters. The molecule has 2 N–H and O–H groups in total. The average molecular weight is 355 g/mol. The molecule has 0 saturated heterocycles. The van der Waals surface area contributed by atoms with Crippen molar-refractivity contribution in [2.75, 3.05) is 11.9 Å². The Kier molecular flexibility index (Phi) is 5.38. The Bertz CT molecular complexity index is 786. The maximum atomic E-state index is 14.8. The number of hydrogen-bond donors (Lipinski definition) is 2. The van der Waals surface area contributed by atoms with Gasteiger partial charge in [0.15, 0.2) is 0 Å². The molecule has 1 aliphatic rings. The Hall–Kier alpha value is -1.87. The molecule has 2 nitrogen and oxygen atoms in total. The fourth-order valence-electron chi connectivity index (χ4n) is 4.29. The Labute approximate surface area is 157 Å². The highest BCUT2D eigenvalue weighted by Crippen LogP contribution is 2.51. The average Bonchev–Trinajstić information content (AvgIpc) is 2.87. The summed E-state index contributed by atoms with van der Waals surface area (Å²) in [5, 5.41) is 7.31. The molecule has 3 heteroatoms. The van der Waals surface area contributed by atoms with Crippen LogP contribution in [0.5, 0.6) is 0 Å². The van der Waals surface area contributed by atoms with Crippen molar-refractivity contribution in [3.05, 3.63) is 64.5 Å². The van der Waals surface area contributed by atoms with E-state index in [0.29, 0.717) is 6.04 Å². The van der Waals surface area contributed by atoms with Gasteiger partial charge in [-0.1, -0.05) is 45.0 Å². The van der Waals surface area contributed by atoms with E-state index in [9.17, 15) is 4.39 Å². The lowest BCUT2D eigenvalue weighted by molar-refractivity contribution is 0.442. The number of nitrogens with one attached hydrogen (secondary N) is 2. The van der Waals surface area contributed by atoms with Gasteiger partial charge in [-0.25, -0.2) is 4.39 Å². The maximum absolute atomic E-state index is 14.8. The molecular formula is C23H31FN2. The molecule has 26 heavy (non-hydrogen) atoms. The number of aryl methyl sites for hydroxylation is 1. The van der Waals surface area contributed by atoms with Crippen LogP contribution >= 0.6 is 0 Å². The van der Waals surface area contributed by atoms with E-state index in [1.807, 2.05) is 19.1 Å². The highest BCUT2D eigenvalue weighted by molar-refractivity contribution is 5.66. The molecule has 0 amide bonds. The third-order valence-corrected chi connectivity index (χ3v) is 5.94. The highest BCUT2D eigenvalue weighted by atomic mass is 19.1. The molecule has 0 bridgehead atoms. The molecule has 0 saturated carbocycles. The SMILES string of the molecule is CCCNC(CC)c1cccc2c1C(C)C(C)(c1ccc(C)cc1F)N2. The Morgan fingerprint density at radius 3 is 2.65 bits per heavy atom. The zero-order valence-electron chi connectivity index (χ0n) is 16.6. The quantitative estimate of drug-likeness (QED) is 0.662. The fraction of sp³-hybridized carbons (Fsp3) is 0.478. The van der Waals surface area contributed by atoms with Gasteiger partial charge in [0.1, 0.15) is 5.82 Å². The summed E-state index contributed by atoms with van der Waals surface area (Å²) in [6, 6.07) is 12.4. The minimum Gasteiger partial charge on any atom is -0.375 e. The van der Waals surface area contributed by atoms with E-state index in [4.69, 9.17) is 0 Å². The summed E-state index contributed by atoms with van der Waals surface area (Å²) in [5.74, 6) is 0.0562. The minimum absolute atomic E-state index is 0.127. The fourth-order valence-corrected chi connectivity index (χ4v) is 4.29.